The van der Waals surface area contributed by atoms with Gasteiger partial charge in [0, 0.05) is 6.54 Å². The highest BCUT2D eigenvalue weighted by molar-refractivity contribution is 5.72. The normalized spacial score (nSPS) is 12.6. The van der Waals surface area contributed by atoms with Crippen molar-refractivity contribution in [1.29, 1.82) is 0 Å². The van der Waals surface area contributed by atoms with Crippen LogP contribution < -0.4 is 0 Å². The maximum atomic E-state index is 2.59. The third kappa shape index (κ3) is 8.23. The number of unbranched alkanes of at least 4 members (excludes halogenated alkanes) is 5. The lowest BCUT2D eigenvalue weighted by Crippen LogP contribution is -2.26. The Labute approximate surface area is 157 Å². The summed E-state index contributed by atoms with van der Waals surface area (Å²) in [7, 11) is 0. The molecule has 0 aliphatic rings. The molecule has 0 saturated heterocycles. The molecule has 1 aromatic rings. The van der Waals surface area contributed by atoms with Gasteiger partial charge in [-0.05, 0) is 62.9 Å². The Morgan fingerprint density at radius 2 is 1.56 bits per heavy atom. The van der Waals surface area contributed by atoms with E-state index in [9.17, 15) is 0 Å². The van der Waals surface area contributed by atoms with Crippen molar-refractivity contribution in [3.05, 3.63) is 41.0 Å². The van der Waals surface area contributed by atoms with Crippen molar-refractivity contribution >= 4 is 5.57 Å². The summed E-state index contributed by atoms with van der Waals surface area (Å²) in [6.07, 6.45) is 10.7. The molecular weight excluding hydrogens is 302 g/mol. The zero-order chi connectivity index (χ0) is 18.5. The average molecular weight is 344 g/mol. The zero-order valence-electron chi connectivity index (χ0n) is 17.5. The average Bonchev–Trinajstić information content (AvgIpc) is 2.62. The van der Waals surface area contributed by atoms with Crippen molar-refractivity contribution in [2.75, 3.05) is 19.6 Å². The Kier molecular flexibility index (Phi) is 11.6. The van der Waals surface area contributed by atoms with Crippen molar-refractivity contribution in [1.82, 2.24) is 4.90 Å². The topological polar surface area (TPSA) is 3.24 Å². The smallest absolute Gasteiger partial charge is 0.0239 e. The second kappa shape index (κ2) is 13.2. The van der Waals surface area contributed by atoms with E-state index in [1.807, 2.05) is 0 Å². The van der Waals surface area contributed by atoms with Gasteiger partial charge in [-0.1, -0.05) is 82.7 Å². The lowest BCUT2D eigenvalue weighted by Gasteiger charge is -2.24. The molecule has 1 nitrogen and oxygen atoms in total. The Balaban J connectivity index is 2.83. The van der Waals surface area contributed by atoms with Crippen LogP contribution in [-0.2, 0) is 0 Å². The van der Waals surface area contributed by atoms with Gasteiger partial charge in [0.05, 0.1) is 0 Å². The molecule has 0 atom stereocenters. The molecule has 25 heavy (non-hydrogen) atoms. The molecule has 0 bridgehead atoms. The van der Waals surface area contributed by atoms with Crippen LogP contribution in [0.3, 0.4) is 0 Å². The van der Waals surface area contributed by atoms with Crippen LogP contribution in [0.5, 0.6) is 0 Å². The lowest BCUT2D eigenvalue weighted by atomic mass is 9.93. The molecule has 142 valence electrons. The lowest BCUT2D eigenvalue weighted by molar-refractivity contribution is 0.323. The minimum atomic E-state index is 1.09. The minimum Gasteiger partial charge on any atom is -0.299 e. The number of rotatable bonds is 13. The van der Waals surface area contributed by atoms with E-state index >= 15 is 0 Å². The Morgan fingerprint density at radius 3 is 2.20 bits per heavy atom. The highest BCUT2D eigenvalue weighted by atomic mass is 15.1. The third-order valence-corrected chi connectivity index (χ3v) is 5.26. The van der Waals surface area contributed by atoms with Gasteiger partial charge < -0.3 is 0 Å². The van der Waals surface area contributed by atoms with Crippen molar-refractivity contribution in [3.8, 4) is 0 Å². The van der Waals surface area contributed by atoms with Crippen molar-refractivity contribution < 1.29 is 0 Å². The molecule has 1 heteroatoms. The first-order chi connectivity index (χ1) is 12.1. The van der Waals surface area contributed by atoms with Gasteiger partial charge >= 0.3 is 0 Å². The Morgan fingerprint density at radius 1 is 0.880 bits per heavy atom. The van der Waals surface area contributed by atoms with Crippen molar-refractivity contribution in [2.45, 2.75) is 86.0 Å². The Hall–Kier alpha value is -1.08. The van der Waals surface area contributed by atoms with E-state index < -0.39 is 0 Å². The first kappa shape index (κ1) is 22.0. The molecule has 1 aromatic carbocycles. The monoisotopic (exact) mass is 343 g/mol. The highest BCUT2D eigenvalue weighted by Gasteiger charge is 2.12. The maximum absolute atomic E-state index is 2.59. The molecule has 0 heterocycles. The predicted octanol–water partition coefficient (Wildman–Crippen LogP) is 7.25. The zero-order valence-corrected chi connectivity index (χ0v) is 17.5. The molecule has 0 aromatic heterocycles. The van der Waals surface area contributed by atoms with Crippen molar-refractivity contribution in [3.63, 3.8) is 0 Å². The van der Waals surface area contributed by atoms with Crippen LogP contribution in [0.4, 0.5) is 0 Å². The van der Waals surface area contributed by atoms with Gasteiger partial charge in [0.25, 0.3) is 0 Å². The minimum absolute atomic E-state index is 1.09. The standard InChI is InChI=1S/C24H41N/c1-6-9-10-11-12-13-16-22(5)24(20-25(8-3)19-7-2)23-18-15-14-17-21(23)4/h14-15,17-18H,6-13,16,19-20H2,1-5H3/b24-22+. The Bertz CT molecular complexity index is 501. The number of nitrogens with zero attached hydrogens (tertiary/aromatic N) is 1. The van der Waals surface area contributed by atoms with Crippen LogP contribution in [-0.4, -0.2) is 24.5 Å². The predicted molar refractivity (Wildman–Crippen MR) is 114 cm³/mol. The largest absolute Gasteiger partial charge is 0.299 e. The van der Waals surface area contributed by atoms with E-state index in [-0.39, 0.29) is 0 Å². The molecular formula is C24H41N. The van der Waals surface area contributed by atoms with Gasteiger partial charge in [0.1, 0.15) is 0 Å². The van der Waals surface area contributed by atoms with E-state index in [1.54, 1.807) is 11.1 Å². The highest BCUT2D eigenvalue weighted by Crippen LogP contribution is 2.26. The van der Waals surface area contributed by atoms with Crippen LogP contribution >= 0.6 is 0 Å². The van der Waals surface area contributed by atoms with Gasteiger partial charge in [-0.2, -0.15) is 0 Å². The van der Waals surface area contributed by atoms with Gasteiger partial charge in [-0.3, -0.25) is 4.90 Å². The van der Waals surface area contributed by atoms with Gasteiger partial charge in [0.15, 0.2) is 0 Å². The quantitative estimate of drug-likeness (QED) is 0.341. The number of hydrogen-bond donors (Lipinski definition) is 0. The molecule has 0 N–H and O–H groups in total. The van der Waals surface area contributed by atoms with E-state index in [4.69, 9.17) is 0 Å². The van der Waals surface area contributed by atoms with Crippen LogP contribution in [0, 0.1) is 6.92 Å². The van der Waals surface area contributed by atoms with E-state index in [0.717, 1.165) is 13.1 Å². The van der Waals surface area contributed by atoms with Crippen LogP contribution in [0.25, 0.3) is 5.57 Å². The molecule has 0 saturated carbocycles. The van der Waals surface area contributed by atoms with Gasteiger partial charge in [0.2, 0.25) is 0 Å². The fourth-order valence-corrected chi connectivity index (χ4v) is 3.57. The first-order valence-corrected chi connectivity index (χ1v) is 10.6. The van der Waals surface area contributed by atoms with Gasteiger partial charge in [-0.25, -0.2) is 0 Å². The third-order valence-electron chi connectivity index (χ3n) is 5.26. The summed E-state index contributed by atoms with van der Waals surface area (Å²) in [6, 6.07) is 8.91. The fraction of sp³-hybridized carbons (Fsp3) is 0.667. The SMILES string of the molecule is CCCCCCCC/C(C)=C(\CN(CC)CCC)c1ccccc1C. The fourth-order valence-electron chi connectivity index (χ4n) is 3.57. The first-order valence-electron chi connectivity index (χ1n) is 10.6. The maximum Gasteiger partial charge on any atom is 0.0239 e. The molecule has 0 unspecified atom stereocenters. The van der Waals surface area contributed by atoms with Gasteiger partial charge in [-0.15, -0.1) is 0 Å². The summed E-state index contributed by atoms with van der Waals surface area (Å²) in [4.78, 5) is 2.59. The summed E-state index contributed by atoms with van der Waals surface area (Å²) in [6.45, 7) is 14.9. The van der Waals surface area contributed by atoms with E-state index in [0.29, 0.717) is 0 Å². The molecule has 0 amide bonds. The molecule has 0 aliphatic carbocycles. The van der Waals surface area contributed by atoms with Crippen LogP contribution in [0.2, 0.25) is 0 Å². The summed E-state index contributed by atoms with van der Waals surface area (Å²) in [5, 5.41) is 0. The van der Waals surface area contributed by atoms with Crippen LogP contribution in [0.15, 0.2) is 29.8 Å². The number of benzene rings is 1. The molecule has 1 rings (SSSR count). The second-order valence-electron chi connectivity index (χ2n) is 7.46. The summed E-state index contributed by atoms with van der Waals surface area (Å²) >= 11 is 0. The number of likely N-dealkylation sites (N-methyl/N-ethyl adjacent to an activating group) is 1. The van der Waals surface area contributed by atoms with E-state index in [2.05, 4.69) is 63.8 Å². The molecule has 0 radical (unpaired) electrons. The number of allylic oxidation sites excluding steroid dienone is 1. The molecule has 0 fully saturated rings. The summed E-state index contributed by atoms with van der Waals surface area (Å²) in [5.41, 5.74) is 6.04. The summed E-state index contributed by atoms with van der Waals surface area (Å²) < 4.78 is 0. The number of hydrogen-bond acceptors (Lipinski definition) is 1. The van der Waals surface area contributed by atoms with E-state index in [1.165, 1.54) is 69.0 Å². The van der Waals surface area contributed by atoms with Crippen molar-refractivity contribution in [2.24, 2.45) is 0 Å². The van der Waals surface area contributed by atoms with Crippen LogP contribution in [0.1, 0.15) is 90.2 Å². The molecule has 0 aliphatic heterocycles. The summed E-state index contributed by atoms with van der Waals surface area (Å²) in [5.74, 6) is 0. The number of aryl methyl sites for hydroxylation is 1. The second-order valence-corrected chi connectivity index (χ2v) is 7.46. The molecule has 0 spiro atoms.